The van der Waals surface area contributed by atoms with Crippen molar-refractivity contribution < 1.29 is 33.3 Å². The van der Waals surface area contributed by atoms with Gasteiger partial charge >= 0.3 is 17.9 Å². The molecule has 1 rings (SSSR count). The monoisotopic (exact) mass is 407 g/mol. The first-order valence-electron chi connectivity index (χ1n) is 9.43. The number of hydrogen-bond acceptors (Lipinski definition) is 8. The van der Waals surface area contributed by atoms with E-state index >= 15 is 0 Å². The van der Waals surface area contributed by atoms with Crippen molar-refractivity contribution in [2.24, 2.45) is 5.41 Å². The fourth-order valence-electron chi connectivity index (χ4n) is 2.81. The molecule has 29 heavy (non-hydrogen) atoms. The fraction of sp³-hybridized carbons (Fsp3) is 0.476. The summed E-state index contributed by atoms with van der Waals surface area (Å²) < 4.78 is 20.6. The van der Waals surface area contributed by atoms with Crippen LogP contribution in [-0.2, 0) is 28.6 Å². The topological polar surface area (TPSA) is 100 Å². The van der Waals surface area contributed by atoms with Crippen molar-refractivity contribution >= 4 is 23.6 Å². The first-order chi connectivity index (χ1) is 13.9. The smallest absolute Gasteiger partial charge is 0.330 e. The lowest BCUT2D eigenvalue weighted by atomic mass is 9.76. The summed E-state index contributed by atoms with van der Waals surface area (Å²) in [4.78, 5) is 38.8. The minimum absolute atomic E-state index is 0.0230. The third kappa shape index (κ3) is 5.73. The van der Waals surface area contributed by atoms with Gasteiger partial charge in [0.15, 0.2) is 11.5 Å². The minimum Gasteiger partial charge on any atom is -0.497 e. The second kappa shape index (κ2) is 11.7. The Morgan fingerprint density at radius 2 is 1.52 bits per heavy atom. The van der Waals surface area contributed by atoms with E-state index in [1.54, 1.807) is 45.0 Å². The van der Waals surface area contributed by atoms with Crippen LogP contribution in [0.15, 0.2) is 36.9 Å². The standard InChI is InChI=1S/C21H29NO7/c1-6-14-21(19(24)28-8-3,20(25)29-9-4)17(18(23)27-7-2)22-15-10-12-16(26-5)13-11-15/h6,10-13,17,22H,1,7-9,14H2,2-5H3/t17-/m1/s1. The minimum atomic E-state index is -2.00. The molecule has 1 aromatic carbocycles. The van der Waals surface area contributed by atoms with Crippen LogP contribution in [0.2, 0.25) is 0 Å². The summed E-state index contributed by atoms with van der Waals surface area (Å²) in [5.74, 6) is -1.96. The Morgan fingerprint density at radius 1 is 1.00 bits per heavy atom. The van der Waals surface area contributed by atoms with Gasteiger partial charge in [-0.2, -0.15) is 0 Å². The average molecular weight is 407 g/mol. The molecule has 0 heterocycles. The molecule has 0 aliphatic carbocycles. The van der Waals surface area contributed by atoms with Crippen molar-refractivity contribution in [1.82, 2.24) is 0 Å². The number of nitrogens with one attached hydrogen (secondary N) is 1. The highest BCUT2D eigenvalue weighted by atomic mass is 16.6. The van der Waals surface area contributed by atoms with Crippen LogP contribution in [-0.4, -0.2) is 50.9 Å². The Hall–Kier alpha value is -3.03. The van der Waals surface area contributed by atoms with E-state index in [0.29, 0.717) is 11.4 Å². The molecule has 0 radical (unpaired) electrons. The third-order valence-electron chi connectivity index (χ3n) is 4.16. The fourth-order valence-corrected chi connectivity index (χ4v) is 2.81. The van der Waals surface area contributed by atoms with Crippen LogP contribution < -0.4 is 10.1 Å². The third-order valence-corrected chi connectivity index (χ3v) is 4.16. The largest absolute Gasteiger partial charge is 0.497 e. The SMILES string of the molecule is C=CCC(C(=O)OCC)(C(=O)OCC)[C@H](Nc1ccc(OC)cc1)C(=O)OCC. The summed E-state index contributed by atoms with van der Waals surface area (Å²) in [6.07, 6.45) is 1.19. The summed E-state index contributed by atoms with van der Waals surface area (Å²) in [6, 6.07) is 5.26. The lowest BCUT2D eigenvalue weighted by molar-refractivity contribution is -0.178. The average Bonchev–Trinajstić information content (AvgIpc) is 2.71. The Labute approximate surface area is 171 Å². The van der Waals surface area contributed by atoms with Crippen LogP contribution in [0.4, 0.5) is 5.69 Å². The summed E-state index contributed by atoms with van der Waals surface area (Å²) in [5, 5.41) is 2.94. The molecule has 0 spiro atoms. The Kier molecular flexibility index (Phi) is 9.71. The molecule has 0 saturated heterocycles. The van der Waals surface area contributed by atoms with E-state index in [9.17, 15) is 14.4 Å². The molecule has 0 aromatic heterocycles. The van der Waals surface area contributed by atoms with E-state index in [-0.39, 0.29) is 26.2 Å². The second-order valence-corrected chi connectivity index (χ2v) is 5.96. The van der Waals surface area contributed by atoms with E-state index in [1.807, 2.05) is 0 Å². The van der Waals surface area contributed by atoms with Gasteiger partial charge in [-0.05, 0) is 51.5 Å². The quantitative estimate of drug-likeness (QED) is 0.244. The predicted octanol–water partition coefficient (Wildman–Crippen LogP) is 2.73. The van der Waals surface area contributed by atoms with Crippen molar-refractivity contribution in [3.8, 4) is 5.75 Å². The van der Waals surface area contributed by atoms with Crippen molar-refractivity contribution in [1.29, 1.82) is 0 Å². The second-order valence-electron chi connectivity index (χ2n) is 5.96. The highest BCUT2D eigenvalue weighted by molar-refractivity contribution is 6.06. The first kappa shape index (κ1) is 24.0. The molecule has 1 aromatic rings. The van der Waals surface area contributed by atoms with Crippen LogP contribution >= 0.6 is 0 Å². The molecular weight excluding hydrogens is 378 g/mol. The zero-order valence-corrected chi connectivity index (χ0v) is 17.4. The number of hydrogen-bond donors (Lipinski definition) is 1. The first-order valence-corrected chi connectivity index (χ1v) is 9.43. The van der Waals surface area contributed by atoms with E-state index in [4.69, 9.17) is 18.9 Å². The molecule has 0 bridgehead atoms. The molecule has 8 heteroatoms. The molecule has 1 N–H and O–H groups in total. The molecule has 0 aliphatic rings. The summed E-state index contributed by atoms with van der Waals surface area (Å²) in [5.41, 5.74) is -1.52. The normalized spacial score (nSPS) is 11.7. The van der Waals surface area contributed by atoms with Crippen LogP contribution in [0.1, 0.15) is 27.2 Å². The number of ether oxygens (including phenoxy) is 4. The van der Waals surface area contributed by atoms with Gasteiger partial charge in [0.25, 0.3) is 0 Å². The zero-order chi connectivity index (χ0) is 21.9. The van der Waals surface area contributed by atoms with Gasteiger partial charge in [-0.1, -0.05) is 6.08 Å². The van der Waals surface area contributed by atoms with E-state index in [1.165, 1.54) is 13.2 Å². The van der Waals surface area contributed by atoms with Gasteiger partial charge in [-0.15, -0.1) is 6.58 Å². The highest BCUT2D eigenvalue weighted by Crippen LogP contribution is 2.35. The number of benzene rings is 1. The number of rotatable bonds is 12. The molecular formula is C21H29NO7. The number of esters is 3. The molecule has 0 aliphatic heterocycles. The van der Waals surface area contributed by atoms with Gasteiger partial charge in [0.1, 0.15) is 5.75 Å². The van der Waals surface area contributed by atoms with Crippen molar-refractivity contribution in [2.45, 2.75) is 33.2 Å². The van der Waals surface area contributed by atoms with Crippen molar-refractivity contribution in [3.05, 3.63) is 36.9 Å². The number of allylic oxidation sites excluding steroid dienone is 1. The van der Waals surface area contributed by atoms with E-state index in [0.717, 1.165) is 0 Å². The lowest BCUT2D eigenvalue weighted by Gasteiger charge is -2.35. The van der Waals surface area contributed by atoms with Gasteiger partial charge in [-0.25, -0.2) is 4.79 Å². The van der Waals surface area contributed by atoms with Gasteiger partial charge in [-0.3, -0.25) is 9.59 Å². The van der Waals surface area contributed by atoms with Crippen molar-refractivity contribution in [3.63, 3.8) is 0 Å². The van der Waals surface area contributed by atoms with Crippen molar-refractivity contribution in [2.75, 3.05) is 32.2 Å². The Morgan fingerprint density at radius 3 is 1.93 bits per heavy atom. The number of carbonyl (C=O) groups excluding carboxylic acids is 3. The van der Waals surface area contributed by atoms with Gasteiger partial charge in [0, 0.05) is 5.69 Å². The molecule has 8 nitrogen and oxygen atoms in total. The van der Waals surface area contributed by atoms with Crippen LogP contribution in [0.3, 0.4) is 0 Å². The van der Waals surface area contributed by atoms with Gasteiger partial charge in [0.2, 0.25) is 0 Å². The molecule has 0 unspecified atom stereocenters. The maximum Gasteiger partial charge on any atom is 0.330 e. The van der Waals surface area contributed by atoms with Crippen LogP contribution in [0.5, 0.6) is 5.75 Å². The Balaban J connectivity index is 3.53. The molecule has 1 atom stereocenters. The highest BCUT2D eigenvalue weighted by Gasteiger charge is 2.58. The lowest BCUT2D eigenvalue weighted by Crippen LogP contribution is -2.57. The van der Waals surface area contributed by atoms with E-state index in [2.05, 4.69) is 11.9 Å². The Bertz CT molecular complexity index is 681. The summed E-state index contributed by atoms with van der Waals surface area (Å²) >= 11 is 0. The number of anilines is 1. The molecule has 0 amide bonds. The maximum absolute atomic E-state index is 13.0. The summed E-state index contributed by atoms with van der Waals surface area (Å²) in [6.45, 7) is 8.60. The van der Waals surface area contributed by atoms with E-state index < -0.39 is 29.4 Å². The van der Waals surface area contributed by atoms with Gasteiger partial charge < -0.3 is 24.3 Å². The zero-order valence-electron chi connectivity index (χ0n) is 17.4. The number of carbonyl (C=O) groups is 3. The predicted molar refractivity (Wildman–Crippen MR) is 108 cm³/mol. The molecule has 160 valence electrons. The summed E-state index contributed by atoms with van der Waals surface area (Å²) in [7, 11) is 1.53. The molecule has 0 saturated carbocycles. The van der Waals surface area contributed by atoms with Crippen LogP contribution in [0, 0.1) is 5.41 Å². The molecule has 0 fully saturated rings. The van der Waals surface area contributed by atoms with Crippen LogP contribution in [0.25, 0.3) is 0 Å². The maximum atomic E-state index is 13.0. The number of methoxy groups -OCH3 is 1. The van der Waals surface area contributed by atoms with Gasteiger partial charge in [0.05, 0.1) is 26.9 Å².